The maximum atomic E-state index is 12.6. The molecule has 0 atom stereocenters. The van der Waals surface area contributed by atoms with E-state index in [1.54, 1.807) is 13.2 Å². The molecule has 1 aromatic carbocycles. The van der Waals surface area contributed by atoms with E-state index in [4.69, 9.17) is 0 Å². The van der Waals surface area contributed by atoms with Gasteiger partial charge in [-0.25, -0.2) is 4.79 Å². The lowest BCUT2D eigenvalue weighted by atomic mass is 10.0. The summed E-state index contributed by atoms with van der Waals surface area (Å²) in [4.78, 5) is 38.8. The Kier molecular flexibility index (Phi) is 5.55. The van der Waals surface area contributed by atoms with Gasteiger partial charge in [0, 0.05) is 49.5 Å². The van der Waals surface area contributed by atoms with Crippen LogP contribution in [0.2, 0.25) is 0 Å². The molecule has 0 saturated carbocycles. The van der Waals surface area contributed by atoms with Crippen molar-refractivity contribution in [2.45, 2.75) is 25.8 Å². The average molecular weight is 435 g/mol. The van der Waals surface area contributed by atoms with E-state index in [9.17, 15) is 14.4 Å². The number of carbonyl (C=O) groups is 1. The zero-order valence-corrected chi connectivity index (χ0v) is 17.2. The Morgan fingerprint density at radius 3 is 2.52 bits per heavy atom. The number of anilines is 1. The molecule has 0 bridgehead atoms. The normalized spacial score (nSPS) is 15.0. The molecule has 0 aliphatic carbocycles. The van der Waals surface area contributed by atoms with Crippen molar-refractivity contribution in [3.8, 4) is 0 Å². The summed E-state index contributed by atoms with van der Waals surface area (Å²) >= 11 is 3.45. The van der Waals surface area contributed by atoms with Crippen LogP contribution in [0.4, 0.5) is 5.69 Å². The van der Waals surface area contributed by atoms with Gasteiger partial charge in [0.15, 0.2) is 0 Å². The third-order valence-corrected chi connectivity index (χ3v) is 5.97. The molecule has 1 N–H and O–H groups in total. The molecule has 1 saturated heterocycles. The van der Waals surface area contributed by atoms with Gasteiger partial charge in [-0.15, -0.1) is 0 Å². The molecule has 7 nitrogen and oxygen atoms in total. The molecule has 144 valence electrons. The molecule has 3 rings (SSSR count). The van der Waals surface area contributed by atoms with Gasteiger partial charge < -0.3 is 14.8 Å². The van der Waals surface area contributed by atoms with Crippen LogP contribution in [0.3, 0.4) is 0 Å². The van der Waals surface area contributed by atoms with Gasteiger partial charge in [-0.05, 0) is 37.5 Å². The van der Waals surface area contributed by atoms with E-state index in [1.807, 2.05) is 30.0 Å². The summed E-state index contributed by atoms with van der Waals surface area (Å²) in [6, 6.07) is 5.64. The Balaban J connectivity index is 1.68. The van der Waals surface area contributed by atoms with Gasteiger partial charge in [0.25, 0.3) is 11.5 Å². The highest BCUT2D eigenvalue weighted by molar-refractivity contribution is 9.10. The zero-order valence-electron chi connectivity index (χ0n) is 15.7. The Hall–Kier alpha value is -2.35. The largest absolute Gasteiger partial charge is 0.366 e. The number of piperidine rings is 1. The van der Waals surface area contributed by atoms with Gasteiger partial charge in [0.05, 0.1) is 0 Å². The number of nitrogens with zero attached hydrogens (tertiary/aromatic N) is 3. The van der Waals surface area contributed by atoms with Gasteiger partial charge in [-0.2, -0.15) is 0 Å². The van der Waals surface area contributed by atoms with Crippen molar-refractivity contribution in [3.63, 3.8) is 0 Å². The fourth-order valence-electron chi connectivity index (χ4n) is 3.39. The minimum atomic E-state index is -0.338. The Morgan fingerprint density at radius 1 is 1.19 bits per heavy atom. The van der Waals surface area contributed by atoms with E-state index in [-0.39, 0.29) is 23.2 Å². The van der Waals surface area contributed by atoms with Crippen LogP contribution in [-0.4, -0.2) is 34.2 Å². The average Bonchev–Trinajstić information content (AvgIpc) is 2.66. The van der Waals surface area contributed by atoms with Crippen molar-refractivity contribution in [2.24, 2.45) is 14.1 Å². The molecular weight excluding hydrogens is 412 g/mol. The summed E-state index contributed by atoms with van der Waals surface area (Å²) in [5.41, 5.74) is 1.48. The van der Waals surface area contributed by atoms with E-state index in [2.05, 4.69) is 21.2 Å². The minimum absolute atomic E-state index is 0.0588. The van der Waals surface area contributed by atoms with Gasteiger partial charge in [0.2, 0.25) is 0 Å². The first kappa shape index (κ1) is 19.4. The highest BCUT2D eigenvalue weighted by atomic mass is 79.9. The second kappa shape index (κ2) is 7.72. The molecule has 1 aromatic heterocycles. The number of hydrogen-bond donors (Lipinski definition) is 1. The maximum Gasteiger partial charge on any atom is 0.330 e. The first-order chi connectivity index (χ1) is 12.8. The van der Waals surface area contributed by atoms with E-state index >= 15 is 0 Å². The predicted octanol–water partition coefficient (Wildman–Crippen LogP) is 1.55. The van der Waals surface area contributed by atoms with Crippen molar-refractivity contribution in [1.29, 1.82) is 0 Å². The number of amides is 1. The number of nitrogens with one attached hydrogen (secondary N) is 1. The maximum absolute atomic E-state index is 12.6. The standard InChI is InChI=1S/C19H23BrN4O3/c1-12-14(5-4-6-15(12)20)17(25)21-13-7-9-24(10-8-13)16-11-22(2)19(27)23(3)18(16)26/h4-6,11,13H,7-10H2,1-3H3,(H,21,25). The summed E-state index contributed by atoms with van der Waals surface area (Å²) in [6.07, 6.45) is 3.07. The van der Waals surface area contributed by atoms with E-state index in [0.29, 0.717) is 24.3 Å². The fraction of sp³-hybridized carbons (Fsp3) is 0.421. The van der Waals surface area contributed by atoms with Crippen molar-refractivity contribution in [1.82, 2.24) is 14.5 Å². The van der Waals surface area contributed by atoms with Crippen LogP contribution in [0.5, 0.6) is 0 Å². The minimum Gasteiger partial charge on any atom is -0.366 e. The molecule has 0 spiro atoms. The van der Waals surface area contributed by atoms with E-state index < -0.39 is 0 Å². The second-order valence-electron chi connectivity index (χ2n) is 6.92. The van der Waals surface area contributed by atoms with Crippen molar-refractivity contribution < 1.29 is 4.79 Å². The zero-order chi connectivity index (χ0) is 19.7. The number of aryl methyl sites for hydroxylation is 1. The van der Waals surface area contributed by atoms with Crippen molar-refractivity contribution in [2.75, 3.05) is 18.0 Å². The number of benzene rings is 1. The Morgan fingerprint density at radius 2 is 1.85 bits per heavy atom. The molecule has 0 unspecified atom stereocenters. The van der Waals surface area contributed by atoms with Crippen LogP contribution in [0.1, 0.15) is 28.8 Å². The summed E-state index contributed by atoms with van der Waals surface area (Å²) in [5, 5.41) is 3.10. The Labute approximate surface area is 165 Å². The fourth-order valence-corrected chi connectivity index (χ4v) is 3.75. The van der Waals surface area contributed by atoms with E-state index in [0.717, 1.165) is 27.4 Å². The number of halogens is 1. The summed E-state index contributed by atoms with van der Waals surface area (Å²) in [5.74, 6) is -0.0785. The topological polar surface area (TPSA) is 76.3 Å². The van der Waals surface area contributed by atoms with Crippen LogP contribution in [0.15, 0.2) is 38.5 Å². The van der Waals surface area contributed by atoms with Crippen LogP contribution in [0.25, 0.3) is 0 Å². The Bertz CT molecular complexity index is 987. The lowest BCUT2D eigenvalue weighted by Crippen LogP contribution is -2.48. The molecule has 27 heavy (non-hydrogen) atoms. The van der Waals surface area contributed by atoms with Crippen molar-refractivity contribution in [3.05, 3.63) is 60.8 Å². The lowest BCUT2D eigenvalue weighted by molar-refractivity contribution is 0.0930. The molecule has 1 aliphatic rings. The monoisotopic (exact) mass is 434 g/mol. The van der Waals surface area contributed by atoms with Crippen LogP contribution < -0.4 is 21.5 Å². The highest BCUT2D eigenvalue weighted by Gasteiger charge is 2.24. The van der Waals surface area contributed by atoms with Gasteiger partial charge in [-0.1, -0.05) is 22.0 Å². The third kappa shape index (κ3) is 3.85. The second-order valence-corrected chi connectivity index (χ2v) is 7.77. The molecular formula is C19H23BrN4O3. The molecule has 1 amide bonds. The summed E-state index contributed by atoms with van der Waals surface area (Å²) in [7, 11) is 3.13. The number of hydrogen-bond acceptors (Lipinski definition) is 4. The molecule has 1 aliphatic heterocycles. The van der Waals surface area contributed by atoms with Crippen LogP contribution >= 0.6 is 15.9 Å². The number of rotatable bonds is 3. The first-order valence-electron chi connectivity index (χ1n) is 8.87. The molecule has 2 heterocycles. The quantitative estimate of drug-likeness (QED) is 0.794. The van der Waals surface area contributed by atoms with Crippen LogP contribution in [-0.2, 0) is 14.1 Å². The smallest absolute Gasteiger partial charge is 0.330 e. The summed E-state index contributed by atoms with van der Waals surface area (Å²) in [6.45, 7) is 3.21. The van der Waals surface area contributed by atoms with Gasteiger partial charge in [0.1, 0.15) is 5.69 Å². The first-order valence-corrected chi connectivity index (χ1v) is 9.66. The molecule has 2 aromatic rings. The molecule has 8 heteroatoms. The highest BCUT2D eigenvalue weighted by Crippen LogP contribution is 2.21. The molecule has 0 radical (unpaired) electrons. The summed E-state index contributed by atoms with van der Waals surface area (Å²) < 4.78 is 3.45. The SMILES string of the molecule is Cc1c(Br)cccc1C(=O)NC1CCN(c2cn(C)c(=O)n(C)c2=O)CC1. The predicted molar refractivity (Wildman–Crippen MR) is 109 cm³/mol. The van der Waals surface area contributed by atoms with Crippen molar-refractivity contribution >= 4 is 27.5 Å². The number of aromatic nitrogens is 2. The third-order valence-electron chi connectivity index (χ3n) is 5.11. The lowest BCUT2D eigenvalue weighted by Gasteiger charge is -2.33. The van der Waals surface area contributed by atoms with Gasteiger partial charge >= 0.3 is 5.69 Å². The van der Waals surface area contributed by atoms with Crippen LogP contribution in [0, 0.1) is 6.92 Å². The molecule has 1 fully saturated rings. The number of carbonyl (C=O) groups excluding carboxylic acids is 1. The van der Waals surface area contributed by atoms with E-state index in [1.165, 1.54) is 11.6 Å². The van der Waals surface area contributed by atoms with Gasteiger partial charge in [-0.3, -0.25) is 14.2 Å².